The van der Waals surface area contributed by atoms with E-state index in [-0.39, 0.29) is 37.7 Å². The number of aliphatic hydroxyl groups excluding tert-OH is 1. The van der Waals surface area contributed by atoms with Gasteiger partial charge in [0, 0.05) is 26.0 Å². The number of hydrogen-bond donors (Lipinski definition) is 4. The molecule has 1 unspecified atom stereocenters. The van der Waals surface area contributed by atoms with Crippen molar-refractivity contribution < 1.29 is 29.0 Å². The first kappa shape index (κ1) is 23.7. The quantitative estimate of drug-likeness (QED) is 0.312. The molecule has 0 saturated carbocycles. The number of halogens is 2. The van der Waals surface area contributed by atoms with Crippen LogP contribution in [0.4, 0.5) is 0 Å². The molecular formula is C18H23Br2N5O6. The zero-order valence-corrected chi connectivity index (χ0v) is 20.1. The summed E-state index contributed by atoms with van der Waals surface area (Å²) in [6.07, 6.45) is 1.24. The molecule has 0 saturated heterocycles. The Bertz CT molecular complexity index is 904. The van der Waals surface area contributed by atoms with Gasteiger partial charge in [0.15, 0.2) is 11.6 Å². The van der Waals surface area contributed by atoms with E-state index in [9.17, 15) is 14.7 Å². The minimum atomic E-state index is -1.37. The summed E-state index contributed by atoms with van der Waals surface area (Å²) in [5.41, 5.74) is 3.12. The number of nitrogens with two attached hydrogens (primary N) is 1. The SMILES string of the molecule is CCOC1(CCCNC(=O)C2=NO[C@]3(C=C(Br)C(OC)=C(Br)[C@@H]3O)C2)N=C(N)NC1=O. The van der Waals surface area contributed by atoms with Crippen LogP contribution >= 0.6 is 31.9 Å². The van der Waals surface area contributed by atoms with Crippen molar-refractivity contribution in [3.05, 3.63) is 20.8 Å². The molecule has 3 aliphatic rings. The number of amides is 2. The largest absolute Gasteiger partial charge is 0.495 e. The fourth-order valence-corrected chi connectivity index (χ4v) is 5.31. The van der Waals surface area contributed by atoms with Crippen molar-refractivity contribution in [3.8, 4) is 0 Å². The summed E-state index contributed by atoms with van der Waals surface area (Å²) >= 11 is 6.69. The fourth-order valence-electron chi connectivity index (χ4n) is 3.52. The number of oxime groups is 1. The zero-order chi connectivity index (χ0) is 22.8. The number of ether oxygens (including phenoxy) is 2. The smallest absolute Gasteiger partial charge is 0.282 e. The lowest BCUT2D eigenvalue weighted by Gasteiger charge is -2.33. The summed E-state index contributed by atoms with van der Waals surface area (Å²) in [5, 5.41) is 19.7. The minimum Gasteiger partial charge on any atom is -0.495 e. The van der Waals surface area contributed by atoms with Crippen molar-refractivity contribution in [3.63, 3.8) is 0 Å². The van der Waals surface area contributed by atoms with Crippen molar-refractivity contribution in [2.24, 2.45) is 15.9 Å². The number of aliphatic hydroxyl groups is 1. The first-order chi connectivity index (χ1) is 14.7. The van der Waals surface area contributed by atoms with Crippen molar-refractivity contribution in [1.29, 1.82) is 0 Å². The maximum atomic E-state index is 12.5. The molecule has 11 nitrogen and oxygen atoms in total. The molecule has 1 aliphatic carbocycles. The van der Waals surface area contributed by atoms with Crippen LogP contribution in [-0.4, -0.2) is 66.3 Å². The van der Waals surface area contributed by atoms with Gasteiger partial charge in [-0.2, -0.15) is 0 Å². The average molecular weight is 565 g/mol. The van der Waals surface area contributed by atoms with E-state index in [0.29, 0.717) is 21.1 Å². The summed E-state index contributed by atoms with van der Waals surface area (Å²) in [6.45, 7) is 2.29. The number of allylic oxidation sites excluding steroid dienone is 1. The fraction of sp³-hybridized carbons (Fsp3) is 0.556. The highest BCUT2D eigenvalue weighted by atomic mass is 79.9. The second-order valence-corrected chi connectivity index (χ2v) is 8.77. The Balaban J connectivity index is 1.55. The molecule has 0 radical (unpaired) electrons. The van der Waals surface area contributed by atoms with Gasteiger partial charge < -0.3 is 30.5 Å². The summed E-state index contributed by atoms with van der Waals surface area (Å²) in [6, 6.07) is 0. The number of guanidine groups is 1. The number of methoxy groups -OCH3 is 1. The third-order valence-corrected chi connectivity index (χ3v) is 6.38. The van der Waals surface area contributed by atoms with Gasteiger partial charge in [-0.05, 0) is 51.3 Å². The number of carbonyl (C=O) groups excluding carboxylic acids is 2. The van der Waals surface area contributed by atoms with Crippen LogP contribution in [0.3, 0.4) is 0 Å². The van der Waals surface area contributed by atoms with Gasteiger partial charge in [0.05, 0.1) is 16.1 Å². The summed E-state index contributed by atoms with van der Waals surface area (Å²) < 4.78 is 11.7. The van der Waals surface area contributed by atoms with E-state index < -0.39 is 29.2 Å². The second kappa shape index (κ2) is 9.27. The Labute approximate surface area is 195 Å². The van der Waals surface area contributed by atoms with E-state index >= 15 is 0 Å². The topological polar surface area (TPSA) is 157 Å². The molecule has 0 aromatic rings. The number of rotatable bonds is 8. The number of hydrogen-bond acceptors (Lipinski definition) is 9. The summed E-state index contributed by atoms with van der Waals surface area (Å²) in [4.78, 5) is 34.2. The number of nitrogens with one attached hydrogen (secondary N) is 2. The Morgan fingerprint density at radius 3 is 2.87 bits per heavy atom. The van der Waals surface area contributed by atoms with Gasteiger partial charge in [0.2, 0.25) is 5.72 Å². The molecule has 31 heavy (non-hydrogen) atoms. The highest BCUT2D eigenvalue weighted by Crippen LogP contribution is 2.43. The maximum absolute atomic E-state index is 12.5. The number of aliphatic imine (C=N–C) groups is 1. The van der Waals surface area contributed by atoms with E-state index in [2.05, 4.69) is 52.6 Å². The first-order valence-corrected chi connectivity index (χ1v) is 11.1. The molecule has 5 N–H and O–H groups in total. The minimum absolute atomic E-state index is 0.00680. The Morgan fingerprint density at radius 2 is 2.26 bits per heavy atom. The third-order valence-electron chi connectivity index (χ3n) is 5.00. The molecule has 0 bridgehead atoms. The second-order valence-electron chi connectivity index (χ2n) is 7.07. The molecule has 13 heteroatoms. The van der Waals surface area contributed by atoms with E-state index in [0.717, 1.165) is 0 Å². The monoisotopic (exact) mass is 563 g/mol. The van der Waals surface area contributed by atoms with Crippen molar-refractivity contribution in [2.45, 2.75) is 43.6 Å². The normalized spacial score (nSPS) is 29.9. The molecular weight excluding hydrogens is 542 g/mol. The van der Waals surface area contributed by atoms with Crippen LogP contribution in [0.15, 0.2) is 30.9 Å². The predicted molar refractivity (Wildman–Crippen MR) is 118 cm³/mol. The van der Waals surface area contributed by atoms with Crippen LogP contribution < -0.4 is 16.4 Å². The average Bonchev–Trinajstić information content (AvgIpc) is 3.26. The van der Waals surface area contributed by atoms with Gasteiger partial charge in [-0.15, -0.1) is 0 Å². The van der Waals surface area contributed by atoms with Crippen molar-refractivity contribution in [2.75, 3.05) is 20.3 Å². The van der Waals surface area contributed by atoms with Crippen LogP contribution in [0, 0.1) is 0 Å². The molecule has 0 aromatic heterocycles. The Morgan fingerprint density at radius 1 is 1.52 bits per heavy atom. The number of carbonyl (C=O) groups is 2. The molecule has 3 rings (SSSR count). The van der Waals surface area contributed by atoms with Crippen LogP contribution in [-0.2, 0) is 23.9 Å². The Kier molecular flexibility index (Phi) is 7.08. The number of nitrogens with zero attached hydrogens (tertiary/aromatic N) is 2. The van der Waals surface area contributed by atoms with E-state index in [1.807, 2.05) is 0 Å². The van der Waals surface area contributed by atoms with E-state index in [1.54, 1.807) is 13.0 Å². The highest BCUT2D eigenvalue weighted by molar-refractivity contribution is 9.12. The standard InChI is InChI=1S/C18H23Br2N5O6/c1-3-30-18(15(28)23-16(21)24-18)5-4-6-22-14(27)10-8-17(31-25-10)7-9(19)12(29-2)11(20)13(17)26/h7,13,26H,3-6,8H2,1-2H3,(H,22,27)(H3,21,23,24,28)/t13-,17+,18?/m0/s1. The van der Waals surface area contributed by atoms with Gasteiger partial charge in [-0.1, -0.05) is 5.16 Å². The van der Waals surface area contributed by atoms with E-state index in [4.69, 9.17) is 20.0 Å². The molecule has 1 spiro atoms. The first-order valence-electron chi connectivity index (χ1n) is 9.52. The molecule has 3 atom stereocenters. The summed E-state index contributed by atoms with van der Waals surface area (Å²) in [5.74, 6) is -0.420. The van der Waals surface area contributed by atoms with Crippen LogP contribution in [0.25, 0.3) is 0 Å². The molecule has 2 aliphatic heterocycles. The van der Waals surface area contributed by atoms with Crippen LogP contribution in [0.2, 0.25) is 0 Å². The highest BCUT2D eigenvalue weighted by Gasteiger charge is 2.50. The lowest BCUT2D eigenvalue weighted by Crippen LogP contribution is -2.45. The maximum Gasteiger partial charge on any atom is 0.282 e. The third kappa shape index (κ3) is 4.49. The zero-order valence-electron chi connectivity index (χ0n) is 16.9. The predicted octanol–water partition coefficient (Wildman–Crippen LogP) is 0.481. The van der Waals surface area contributed by atoms with E-state index in [1.165, 1.54) is 7.11 Å². The molecule has 2 heterocycles. The van der Waals surface area contributed by atoms with Crippen molar-refractivity contribution in [1.82, 2.24) is 10.6 Å². The van der Waals surface area contributed by atoms with Gasteiger partial charge in [-0.3, -0.25) is 14.9 Å². The van der Waals surface area contributed by atoms with Gasteiger partial charge in [0.1, 0.15) is 17.6 Å². The van der Waals surface area contributed by atoms with Crippen molar-refractivity contribution >= 4 is 55.3 Å². The van der Waals surface area contributed by atoms with Crippen LogP contribution in [0.1, 0.15) is 26.2 Å². The molecule has 170 valence electrons. The Hall–Kier alpha value is -1.96. The van der Waals surface area contributed by atoms with Crippen LogP contribution in [0.5, 0.6) is 0 Å². The lowest BCUT2D eigenvalue weighted by atomic mass is 9.87. The molecule has 0 aromatic carbocycles. The lowest BCUT2D eigenvalue weighted by molar-refractivity contribution is -0.143. The summed E-state index contributed by atoms with van der Waals surface area (Å²) in [7, 11) is 1.48. The molecule has 0 fully saturated rings. The van der Waals surface area contributed by atoms with Gasteiger partial charge in [-0.25, -0.2) is 4.99 Å². The van der Waals surface area contributed by atoms with Gasteiger partial charge >= 0.3 is 0 Å². The van der Waals surface area contributed by atoms with Gasteiger partial charge in [0.25, 0.3) is 11.8 Å². The molecule has 2 amide bonds.